The SMILES string of the molecule is CCN(C(=O)N1CC(C)CCC1C)C1COCC1C(=O)O. The Hall–Kier alpha value is -1.30. The van der Waals surface area contributed by atoms with Crippen LogP contribution in [0.1, 0.15) is 33.6 Å². The first-order valence-electron chi connectivity index (χ1n) is 7.83. The van der Waals surface area contributed by atoms with E-state index in [1.165, 1.54) is 0 Å². The summed E-state index contributed by atoms with van der Waals surface area (Å²) in [4.78, 5) is 27.7. The van der Waals surface area contributed by atoms with Crippen LogP contribution in [0.25, 0.3) is 0 Å². The summed E-state index contributed by atoms with van der Waals surface area (Å²) in [6.07, 6.45) is 2.15. The fourth-order valence-electron chi connectivity index (χ4n) is 3.32. The van der Waals surface area contributed by atoms with Gasteiger partial charge in [-0.1, -0.05) is 6.92 Å². The van der Waals surface area contributed by atoms with Crippen molar-refractivity contribution in [3.8, 4) is 0 Å². The van der Waals surface area contributed by atoms with Gasteiger partial charge in [0.05, 0.1) is 19.3 Å². The highest BCUT2D eigenvalue weighted by Crippen LogP contribution is 2.26. The molecule has 2 amide bonds. The maximum atomic E-state index is 12.8. The number of carbonyl (C=O) groups is 2. The summed E-state index contributed by atoms with van der Waals surface area (Å²) in [5.41, 5.74) is 0. The molecule has 2 saturated heterocycles. The molecule has 0 saturated carbocycles. The van der Waals surface area contributed by atoms with Crippen LogP contribution >= 0.6 is 0 Å². The van der Waals surface area contributed by atoms with Gasteiger partial charge in [0.2, 0.25) is 0 Å². The van der Waals surface area contributed by atoms with Crippen LogP contribution in [0, 0.1) is 11.8 Å². The predicted molar refractivity (Wildman–Crippen MR) is 78.1 cm³/mol. The molecule has 0 aromatic heterocycles. The second-order valence-corrected chi connectivity index (χ2v) is 6.30. The van der Waals surface area contributed by atoms with Gasteiger partial charge < -0.3 is 19.6 Å². The number of carboxylic acid groups (broad SMARTS) is 1. The fourth-order valence-corrected chi connectivity index (χ4v) is 3.32. The lowest BCUT2D eigenvalue weighted by atomic mass is 9.95. The molecule has 0 bridgehead atoms. The average Bonchev–Trinajstić information content (AvgIpc) is 2.91. The van der Waals surface area contributed by atoms with E-state index in [1.54, 1.807) is 4.90 Å². The highest BCUT2D eigenvalue weighted by Gasteiger charge is 2.41. The van der Waals surface area contributed by atoms with Crippen molar-refractivity contribution < 1.29 is 19.4 Å². The summed E-state index contributed by atoms with van der Waals surface area (Å²) >= 11 is 0. The molecule has 2 heterocycles. The fraction of sp³-hybridized carbons (Fsp3) is 0.867. The zero-order valence-corrected chi connectivity index (χ0v) is 13.1. The van der Waals surface area contributed by atoms with Gasteiger partial charge in [-0.2, -0.15) is 0 Å². The van der Waals surface area contributed by atoms with Gasteiger partial charge in [-0.15, -0.1) is 0 Å². The Morgan fingerprint density at radius 3 is 2.62 bits per heavy atom. The molecule has 2 fully saturated rings. The van der Waals surface area contributed by atoms with Gasteiger partial charge in [-0.25, -0.2) is 4.79 Å². The second-order valence-electron chi connectivity index (χ2n) is 6.30. The Kier molecular flexibility index (Phi) is 5.08. The van der Waals surface area contributed by atoms with Crippen molar-refractivity contribution in [3.05, 3.63) is 0 Å². The average molecular weight is 298 g/mol. The van der Waals surface area contributed by atoms with E-state index in [0.717, 1.165) is 19.4 Å². The molecule has 1 N–H and O–H groups in total. The summed E-state index contributed by atoms with van der Waals surface area (Å²) in [6, 6.07) is -0.184. The number of carbonyl (C=O) groups excluding carboxylic acids is 1. The highest BCUT2D eigenvalue weighted by molar-refractivity contribution is 5.77. The van der Waals surface area contributed by atoms with Gasteiger partial charge >= 0.3 is 12.0 Å². The Balaban J connectivity index is 2.12. The largest absolute Gasteiger partial charge is 0.481 e. The van der Waals surface area contributed by atoms with Crippen LogP contribution < -0.4 is 0 Å². The van der Waals surface area contributed by atoms with Gasteiger partial charge in [0, 0.05) is 19.1 Å². The van der Waals surface area contributed by atoms with Crippen molar-refractivity contribution in [1.29, 1.82) is 0 Å². The number of carboxylic acids is 1. The molecule has 21 heavy (non-hydrogen) atoms. The van der Waals surface area contributed by atoms with E-state index in [4.69, 9.17) is 4.74 Å². The van der Waals surface area contributed by atoms with Crippen LogP contribution in [0.5, 0.6) is 0 Å². The van der Waals surface area contributed by atoms with Gasteiger partial charge in [-0.3, -0.25) is 4.79 Å². The number of urea groups is 1. The topological polar surface area (TPSA) is 70.1 Å². The van der Waals surface area contributed by atoms with Crippen molar-refractivity contribution in [2.24, 2.45) is 11.8 Å². The lowest BCUT2D eigenvalue weighted by molar-refractivity contribution is -0.142. The van der Waals surface area contributed by atoms with E-state index >= 15 is 0 Å². The number of nitrogens with zero attached hydrogens (tertiary/aromatic N) is 2. The van der Waals surface area contributed by atoms with Gasteiger partial charge in [0.25, 0.3) is 0 Å². The molecule has 120 valence electrons. The number of ether oxygens (including phenoxy) is 1. The number of likely N-dealkylation sites (N-methyl/N-ethyl adjacent to an activating group) is 1. The molecule has 4 unspecified atom stereocenters. The van der Waals surface area contributed by atoms with Crippen molar-refractivity contribution in [2.75, 3.05) is 26.3 Å². The Labute approximate surface area is 126 Å². The third kappa shape index (κ3) is 3.31. The first-order chi connectivity index (χ1) is 9.95. The molecule has 2 aliphatic heterocycles. The monoisotopic (exact) mass is 298 g/mol. The second kappa shape index (κ2) is 6.64. The number of likely N-dealkylation sites (tertiary alicyclic amines) is 1. The van der Waals surface area contributed by atoms with E-state index in [1.807, 2.05) is 11.8 Å². The molecule has 4 atom stereocenters. The number of rotatable bonds is 3. The molecular formula is C15H26N2O4. The standard InChI is InChI=1S/C15H26N2O4/c1-4-16(13-9-21-8-12(13)14(18)19)15(20)17-7-10(2)5-6-11(17)3/h10-13H,4-9H2,1-3H3,(H,18,19). The van der Waals surface area contributed by atoms with Crippen molar-refractivity contribution in [3.63, 3.8) is 0 Å². The Bertz CT molecular complexity index is 401. The van der Waals surface area contributed by atoms with E-state index in [0.29, 0.717) is 19.1 Å². The lowest BCUT2D eigenvalue weighted by Gasteiger charge is -2.41. The van der Waals surface area contributed by atoms with Crippen molar-refractivity contribution >= 4 is 12.0 Å². The maximum absolute atomic E-state index is 12.8. The molecule has 2 aliphatic rings. The van der Waals surface area contributed by atoms with Crippen molar-refractivity contribution in [1.82, 2.24) is 9.80 Å². The molecule has 2 rings (SSSR count). The van der Waals surface area contributed by atoms with Gasteiger partial charge in [0.15, 0.2) is 0 Å². The van der Waals surface area contributed by atoms with E-state index in [9.17, 15) is 14.7 Å². The van der Waals surface area contributed by atoms with Crippen LogP contribution in [-0.4, -0.2) is 65.3 Å². The third-order valence-corrected chi connectivity index (χ3v) is 4.72. The number of hydrogen-bond donors (Lipinski definition) is 1. The normalized spacial score (nSPS) is 33.0. The van der Waals surface area contributed by atoms with Crippen LogP contribution in [0.2, 0.25) is 0 Å². The van der Waals surface area contributed by atoms with E-state index in [-0.39, 0.29) is 24.7 Å². The number of piperidine rings is 1. The zero-order valence-electron chi connectivity index (χ0n) is 13.1. The van der Waals surface area contributed by atoms with Crippen LogP contribution in [-0.2, 0) is 9.53 Å². The molecule has 0 aromatic rings. The summed E-state index contributed by atoms with van der Waals surface area (Å²) < 4.78 is 5.31. The summed E-state index contributed by atoms with van der Waals surface area (Å²) in [6.45, 7) is 7.88. The quantitative estimate of drug-likeness (QED) is 0.860. The van der Waals surface area contributed by atoms with Gasteiger partial charge in [0.1, 0.15) is 5.92 Å². The smallest absolute Gasteiger partial charge is 0.320 e. The molecular weight excluding hydrogens is 272 g/mol. The molecule has 0 radical (unpaired) electrons. The minimum Gasteiger partial charge on any atom is -0.481 e. The molecule has 0 aromatic carbocycles. The maximum Gasteiger partial charge on any atom is 0.320 e. The van der Waals surface area contributed by atoms with E-state index < -0.39 is 11.9 Å². The summed E-state index contributed by atoms with van der Waals surface area (Å²) in [5, 5.41) is 9.28. The molecule has 6 nitrogen and oxygen atoms in total. The van der Waals surface area contributed by atoms with Gasteiger partial charge in [-0.05, 0) is 32.6 Å². The number of aliphatic carboxylic acids is 1. The molecule has 0 spiro atoms. The minimum atomic E-state index is -0.885. The summed E-state index contributed by atoms with van der Waals surface area (Å²) in [5.74, 6) is -1.01. The predicted octanol–water partition coefficient (Wildman–Crippen LogP) is 1.65. The minimum absolute atomic E-state index is 0.0432. The van der Waals surface area contributed by atoms with Crippen LogP contribution in [0.15, 0.2) is 0 Å². The Morgan fingerprint density at radius 1 is 1.29 bits per heavy atom. The van der Waals surface area contributed by atoms with Crippen molar-refractivity contribution in [2.45, 2.75) is 45.7 Å². The van der Waals surface area contributed by atoms with Crippen LogP contribution in [0.4, 0.5) is 4.79 Å². The van der Waals surface area contributed by atoms with E-state index in [2.05, 4.69) is 13.8 Å². The lowest BCUT2D eigenvalue weighted by Crippen LogP contribution is -2.56. The number of amides is 2. The molecule has 6 heteroatoms. The third-order valence-electron chi connectivity index (χ3n) is 4.72. The highest BCUT2D eigenvalue weighted by atomic mass is 16.5. The number of hydrogen-bond acceptors (Lipinski definition) is 3. The Morgan fingerprint density at radius 2 is 2.00 bits per heavy atom. The van der Waals surface area contributed by atoms with Crippen LogP contribution in [0.3, 0.4) is 0 Å². The zero-order chi connectivity index (χ0) is 15.6. The first kappa shape index (κ1) is 16.1. The molecule has 0 aliphatic carbocycles. The summed E-state index contributed by atoms with van der Waals surface area (Å²) in [7, 11) is 0. The first-order valence-corrected chi connectivity index (χ1v) is 7.83.